The number of carbonyl (C=O) groups is 1. The second-order valence-corrected chi connectivity index (χ2v) is 6.01. The topological polar surface area (TPSA) is 103 Å². The van der Waals surface area contributed by atoms with Crippen molar-refractivity contribution in [3.05, 3.63) is 69.6 Å². The van der Waals surface area contributed by atoms with Gasteiger partial charge in [-0.15, -0.1) is 0 Å². The van der Waals surface area contributed by atoms with E-state index in [1.165, 1.54) is 20.3 Å². The van der Waals surface area contributed by atoms with Crippen LogP contribution in [0.25, 0.3) is 5.69 Å². The molecule has 1 amide bonds. The van der Waals surface area contributed by atoms with Crippen LogP contribution in [0.3, 0.4) is 0 Å². The van der Waals surface area contributed by atoms with Crippen LogP contribution in [0.1, 0.15) is 10.5 Å². The minimum absolute atomic E-state index is 0.302. The van der Waals surface area contributed by atoms with E-state index >= 15 is 0 Å². The maximum absolute atomic E-state index is 12.6. The number of amides is 1. The molecule has 2 N–H and O–H groups in total. The molecule has 1 heterocycles. The van der Waals surface area contributed by atoms with Crippen LogP contribution in [0.5, 0.6) is 17.2 Å². The average Bonchev–Trinajstić information content (AvgIpc) is 2.68. The van der Waals surface area contributed by atoms with E-state index < -0.39 is 17.2 Å². The van der Waals surface area contributed by atoms with Crippen molar-refractivity contribution >= 4 is 23.2 Å². The molecule has 1 aromatic heterocycles. The molecule has 0 bridgehead atoms. The first kappa shape index (κ1) is 19.2. The number of aromatic nitrogens is 2. The van der Waals surface area contributed by atoms with E-state index in [2.05, 4.69) is 10.4 Å². The van der Waals surface area contributed by atoms with Gasteiger partial charge >= 0.3 is 0 Å². The second-order valence-electron chi connectivity index (χ2n) is 5.60. The van der Waals surface area contributed by atoms with Gasteiger partial charge < -0.3 is 19.9 Å². The normalized spacial score (nSPS) is 10.4. The summed E-state index contributed by atoms with van der Waals surface area (Å²) in [5.41, 5.74) is -0.257. The first-order valence-corrected chi connectivity index (χ1v) is 8.44. The molecule has 9 heteroatoms. The lowest BCUT2D eigenvalue weighted by Crippen LogP contribution is -2.25. The van der Waals surface area contributed by atoms with Crippen LogP contribution in [0.4, 0.5) is 5.69 Å². The van der Waals surface area contributed by atoms with E-state index in [4.69, 9.17) is 21.1 Å². The van der Waals surface area contributed by atoms with Crippen LogP contribution in [0, 0.1) is 0 Å². The van der Waals surface area contributed by atoms with Crippen molar-refractivity contribution in [3.63, 3.8) is 0 Å². The van der Waals surface area contributed by atoms with E-state index in [0.29, 0.717) is 27.9 Å². The van der Waals surface area contributed by atoms with E-state index in [9.17, 15) is 14.7 Å². The number of nitrogens with one attached hydrogen (secondary N) is 1. The van der Waals surface area contributed by atoms with Crippen molar-refractivity contribution in [1.82, 2.24) is 9.78 Å². The molecule has 0 fully saturated rings. The molecule has 0 atom stereocenters. The summed E-state index contributed by atoms with van der Waals surface area (Å²) in [7, 11) is 2.92. The number of methoxy groups -OCH3 is 2. The first-order valence-electron chi connectivity index (χ1n) is 8.06. The molecule has 0 radical (unpaired) electrons. The Hall–Kier alpha value is -3.52. The van der Waals surface area contributed by atoms with Gasteiger partial charge in [0.05, 0.1) is 19.2 Å². The molecule has 0 aliphatic carbocycles. The molecule has 3 aromatic rings. The highest BCUT2D eigenvalue weighted by atomic mass is 35.5. The fraction of sp³-hybridized carbons (Fsp3) is 0.105. The molecule has 0 saturated carbocycles. The Balaban J connectivity index is 1.99. The van der Waals surface area contributed by atoms with Crippen LogP contribution in [0.2, 0.25) is 5.02 Å². The van der Waals surface area contributed by atoms with Gasteiger partial charge in [-0.25, -0.2) is 0 Å². The van der Waals surface area contributed by atoms with E-state index in [1.807, 2.05) is 0 Å². The summed E-state index contributed by atoms with van der Waals surface area (Å²) < 4.78 is 11.3. The smallest absolute Gasteiger partial charge is 0.279 e. The third kappa shape index (κ3) is 3.77. The Morgan fingerprint density at radius 2 is 1.82 bits per heavy atom. The van der Waals surface area contributed by atoms with Crippen molar-refractivity contribution in [1.29, 1.82) is 0 Å². The standard InChI is InChI=1S/C19H16ClN3O5/c1-27-15-8-7-11(9-12(15)20)21-19(26)18-14(24)10-17(25)23(22-18)13-5-3-4-6-16(13)28-2/h3-10,24H,1-2H3,(H,21,26). The zero-order valence-electron chi connectivity index (χ0n) is 15.0. The number of hydrogen-bond donors (Lipinski definition) is 2. The molecule has 0 unspecified atom stereocenters. The molecule has 0 saturated heterocycles. The lowest BCUT2D eigenvalue weighted by molar-refractivity contribution is 0.101. The van der Waals surface area contributed by atoms with Crippen LogP contribution >= 0.6 is 11.6 Å². The van der Waals surface area contributed by atoms with Gasteiger partial charge in [-0.05, 0) is 30.3 Å². The number of carbonyl (C=O) groups excluding carboxylic acids is 1. The number of halogens is 1. The fourth-order valence-corrected chi connectivity index (χ4v) is 2.78. The Kier molecular flexibility index (Phi) is 5.51. The molecule has 0 spiro atoms. The highest BCUT2D eigenvalue weighted by Crippen LogP contribution is 2.28. The van der Waals surface area contributed by atoms with Gasteiger partial charge in [0, 0.05) is 11.8 Å². The van der Waals surface area contributed by atoms with Crippen molar-refractivity contribution in [2.24, 2.45) is 0 Å². The average molecular weight is 402 g/mol. The number of anilines is 1. The number of aromatic hydroxyl groups is 1. The quantitative estimate of drug-likeness (QED) is 0.681. The van der Waals surface area contributed by atoms with Crippen LogP contribution in [-0.4, -0.2) is 35.0 Å². The zero-order valence-corrected chi connectivity index (χ0v) is 15.7. The molecule has 0 aliphatic heterocycles. The van der Waals surface area contributed by atoms with E-state index in [1.54, 1.807) is 36.4 Å². The van der Waals surface area contributed by atoms with Gasteiger partial charge in [0.25, 0.3) is 11.5 Å². The molecule has 8 nitrogen and oxygen atoms in total. The van der Waals surface area contributed by atoms with Gasteiger partial charge in [-0.1, -0.05) is 23.7 Å². The molecule has 144 valence electrons. The maximum atomic E-state index is 12.6. The molecule has 3 rings (SSSR count). The fourth-order valence-electron chi connectivity index (χ4n) is 2.52. The van der Waals surface area contributed by atoms with Crippen molar-refractivity contribution < 1.29 is 19.4 Å². The molecule has 28 heavy (non-hydrogen) atoms. The summed E-state index contributed by atoms with van der Waals surface area (Å²) in [5.74, 6) is -0.433. The Bertz CT molecular complexity index is 1100. The van der Waals surface area contributed by atoms with Crippen LogP contribution in [0.15, 0.2) is 53.3 Å². The summed E-state index contributed by atoms with van der Waals surface area (Å²) in [5, 5.41) is 16.9. The number of rotatable bonds is 5. The zero-order chi connectivity index (χ0) is 20.3. The van der Waals surface area contributed by atoms with Crippen molar-refractivity contribution in [3.8, 4) is 22.9 Å². The summed E-state index contributed by atoms with van der Waals surface area (Å²) in [6, 6.07) is 12.2. The van der Waals surface area contributed by atoms with Gasteiger partial charge in [-0.2, -0.15) is 9.78 Å². The third-order valence-corrected chi connectivity index (χ3v) is 4.15. The number of nitrogens with zero attached hydrogens (tertiary/aromatic N) is 2. The molecular weight excluding hydrogens is 386 g/mol. The minimum Gasteiger partial charge on any atom is -0.505 e. The second kappa shape index (κ2) is 8.01. The Morgan fingerprint density at radius 1 is 1.11 bits per heavy atom. The van der Waals surface area contributed by atoms with Gasteiger partial charge in [0.15, 0.2) is 11.4 Å². The minimum atomic E-state index is -0.720. The summed E-state index contributed by atoms with van der Waals surface area (Å²) in [4.78, 5) is 24.9. The Labute approximate surface area is 164 Å². The van der Waals surface area contributed by atoms with Crippen LogP contribution < -0.4 is 20.3 Å². The SMILES string of the molecule is COc1ccc(NC(=O)c2nn(-c3ccccc3OC)c(=O)cc2O)cc1Cl. The number of ether oxygens (including phenoxy) is 2. The predicted octanol–water partition coefficient (Wildman–Crippen LogP) is 2.86. The maximum Gasteiger partial charge on any atom is 0.279 e. The predicted molar refractivity (Wildman–Crippen MR) is 104 cm³/mol. The highest BCUT2D eigenvalue weighted by molar-refractivity contribution is 6.32. The van der Waals surface area contributed by atoms with Gasteiger partial charge in [-0.3, -0.25) is 9.59 Å². The first-order chi connectivity index (χ1) is 13.4. The lowest BCUT2D eigenvalue weighted by Gasteiger charge is -2.12. The van der Waals surface area contributed by atoms with Crippen molar-refractivity contribution in [2.75, 3.05) is 19.5 Å². The summed E-state index contributed by atoms with van der Waals surface area (Å²) in [6.45, 7) is 0. The number of hydrogen-bond acceptors (Lipinski definition) is 6. The lowest BCUT2D eigenvalue weighted by atomic mass is 10.2. The van der Waals surface area contributed by atoms with E-state index in [-0.39, 0.29) is 5.69 Å². The number of para-hydroxylation sites is 2. The monoisotopic (exact) mass is 401 g/mol. The Morgan fingerprint density at radius 3 is 2.50 bits per heavy atom. The van der Waals surface area contributed by atoms with E-state index in [0.717, 1.165) is 10.7 Å². The van der Waals surface area contributed by atoms with Crippen LogP contribution in [-0.2, 0) is 0 Å². The third-order valence-electron chi connectivity index (χ3n) is 3.85. The van der Waals surface area contributed by atoms with Gasteiger partial charge in [0.1, 0.15) is 17.2 Å². The highest BCUT2D eigenvalue weighted by Gasteiger charge is 2.19. The van der Waals surface area contributed by atoms with Gasteiger partial charge in [0.2, 0.25) is 0 Å². The number of benzene rings is 2. The largest absolute Gasteiger partial charge is 0.505 e. The van der Waals surface area contributed by atoms with Crippen molar-refractivity contribution in [2.45, 2.75) is 0 Å². The summed E-state index contributed by atoms with van der Waals surface area (Å²) >= 11 is 6.05. The molecular formula is C19H16ClN3O5. The molecule has 2 aromatic carbocycles. The molecule has 0 aliphatic rings. The summed E-state index contributed by atoms with van der Waals surface area (Å²) in [6.07, 6.45) is 0.